The number of aliphatic carboxylic acids is 1. The summed E-state index contributed by atoms with van der Waals surface area (Å²) in [6.07, 6.45) is 3.46. The average Bonchev–Trinajstić information content (AvgIpc) is 3.04. The number of carboxylic acid groups (broad SMARTS) is 1. The molecule has 2 N–H and O–H groups in total. The van der Waals surface area contributed by atoms with Crippen molar-refractivity contribution in [3.05, 3.63) is 72.0 Å². The van der Waals surface area contributed by atoms with Crippen LogP contribution in [0.2, 0.25) is 5.02 Å². The van der Waals surface area contributed by atoms with Crippen LogP contribution in [0.25, 0.3) is 22.2 Å². The zero-order chi connectivity index (χ0) is 18.8. The number of carboxylic acids is 1. The fourth-order valence-electron chi connectivity index (χ4n) is 2.99. The SMILES string of the molecule is O=C(O)Cn1ccc2c(-c3ccnc(Nc4cccc(Cl)c4)n3)cccc21. The first-order valence-corrected chi connectivity index (χ1v) is 8.63. The lowest BCUT2D eigenvalue weighted by atomic mass is 10.1. The van der Waals surface area contributed by atoms with E-state index in [1.807, 2.05) is 42.5 Å². The number of nitrogens with one attached hydrogen (secondary N) is 1. The largest absolute Gasteiger partial charge is 0.480 e. The molecule has 0 amide bonds. The molecule has 0 aliphatic heterocycles. The predicted octanol–water partition coefficient (Wildman–Crippen LogP) is 4.58. The smallest absolute Gasteiger partial charge is 0.323 e. The highest BCUT2D eigenvalue weighted by Crippen LogP contribution is 2.29. The van der Waals surface area contributed by atoms with Crippen molar-refractivity contribution in [2.24, 2.45) is 0 Å². The number of fused-ring (bicyclic) bond motifs is 1. The Hall–Kier alpha value is -3.38. The highest BCUT2D eigenvalue weighted by molar-refractivity contribution is 6.30. The molecular formula is C20H15ClN4O2. The molecule has 4 aromatic rings. The third kappa shape index (κ3) is 3.61. The van der Waals surface area contributed by atoms with Crippen molar-refractivity contribution in [1.29, 1.82) is 0 Å². The lowest BCUT2D eigenvalue weighted by molar-refractivity contribution is -0.137. The summed E-state index contributed by atoms with van der Waals surface area (Å²) < 4.78 is 1.70. The highest BCUT2D eigenvalue weighted by atomic mass is 35.5. The molecule has 0 saturated carbocycles. The summed E-state index contributed by atoms with van der Waals surface area (Å²) in [4.78, 5) is 19.9. The van der Waals surface area contributed by atoms with Crippen LogP contribution in [-0.2, 0) is 11.3 Å². The van der Waals surface area contributed by atoms with E-state index in [0.717, 1.165) is 27.8 Å². The Bertz CT molecular complexity index is 1140. The summed E-state index contributed by atoms with van der Waals surface area (Å²) in [5, 5.41) is 13.8. The molecule has 0 radical (unpaired) electrons. The van der Waals surface area contributed by atoms with Crippen LogP contribution in [0.15, 0.2) is 67.0 Å². The van der Waals surface area contributed by atoms with Crippen LogP contribution in [0.5, 0.6) is 0 Å². The molecule has 6 nitrogen and oxygen atoms in total. The van der Waals surface area contributed by atoms with Gasteiger partial charge in [-0.05, 0) is 36.4 Å². The van der Waals surface area contributed by atoms with Gasteiger partial charge in [-0.1, -0.05) is 29.8 Å². The molecule has 27 heavy (non-hydrogen) atoms. The third-order valence-electron chi connectivity index (χ3n) is 4.13. The van der Waals surface area contributed by atoms with E-state index in [9.17, 15) is 4.79 Å². The topological polar surface area (TPSA) is 80.0 Å². The normalized spacial score (nSPS) is 10.9. The fourth-order valence-corrected chi connectivity index (χ4v) is 3.18. The summed E-state index contributed by atoms with van der Waals surface area (Å²) in [5.41, 5.74) is 3.30. The zero-order valence-electron chi connectivity index (χ0n) is 14.1. The van der Waals surface area contributed by atoms with Gasteiger partial charge in [-0.15, -0.1) is 0 Å². The highest BCUT2D eigenvalue weighted by Gasteiger charge is 2.11. The number of halogens is 1. The van der Waals surface area contributed by atoms with E-state index in [2.05, 4.69) is 15.3 Å². The summed E-state index contributed by atoms with van der Waals surface area (Å²) in [7, 11) is 0. The van der Waals surface area contributed by atoms with Gasteiger partial charge in [0.05, 0.1) is 5.69 Å². The van der Waals surface area contributed by atoms with Crippen molar-refractivity contribution >= 4 is 40.1 Å². The van der Waals surface area contributed by atoms with Gasteiger partial charge in [-0.3, -0.25) is 4.79 Å². The lowest BCUT2D eigenvalue weighted by Crippen LogP contribution is -2.07. The van der Waals surface area contributed by atoms with Gasteiger partial charge >= 0.3 is 5.97 Å². The average molecular weight is 379 g/mol. The number of aromatic nitrogens is 3. The zero-order valence-corrected chi connectivity index (χ0v) is 14.9. The van der Waals surface area contributed by atoms with E-state index in [1.54, 1.807) is 29.1 Å². The lowest BCUT2D eigenvalue weighted by Gasteiger charge is -2.08. The minimum atomic E-state index is -0.882. The predicted molar refractivity (Wildman–Crippen MR) is 105 cm³/mol. The van der Waals surface area contributed by atoms with Gasteiger partial charge in [0.2, 0.25) is 5.95 Å². The molecule has 0 aliphatic carbocycles. The van der Waals surface area contributed by atoms with Crippen LogP contribution in [0.4, 0.5) is 11.6 Å². The Morgan fingerprint density at radius 3 is 2.81 bits per heavy atom. The maximum absolute atomic E-state index is 11.0. The maximum Gasteiger partial charge on any atom is 0.323 e. The van der Waals surface area contributed by atoms with Crippen LogP contribution in [0.1, 0.15) is 0 Å². The Balaban J connectivity index is 1.71. The minimum absolute atomic E-state index is 0.0850. The standard InChI is InChI=1S/C20H15ClN4O2/c21-13-3-1-4-14(11-13)23-20-22-9-7-17(24-20)15-5-2-6-18-16(15)8-10-25(18)12-19(26)27/h1-11H,12H2,(H,26,27)(H,22,23,24). The quantitative estimate of drug-likeness (QED) is 0.531. The van der Waals surface area contributed by atoms with E-state index in [4.69, 9.17) is 16.7 Å². The first-order chi connectivity index (χ1) is 13.1. The van der Waals surface area contributed by atoms with Crippen molar-refractivity contribution in [3.8, 4) is 11.3 Å². The van der Waals surface area contributed by atoms with E-state index >= 15 is 0 Å². The van der Waals surface area contributed by atoms with E-state index in [-0.39, 0.29) is 6.54 Å². The second-order valence-corrected chi connectivity index (χ2v) is 6.41. The van der Waals surface area contributed by atoms with Gasteiger partial charge < -0.3 is 15.0 Å². The van der Waals surface area contributed by atoms with E-state index in [0.29, 0.717) is 11.0 Å². The van der Waals surface area contributed by atoms with Crippen molar-refractivity contribution in [3.63, 3.8) is 0 Å². The number of anilines is 2. The molecule has 7 heteroatoms. The third-order valence-corrected chi connectivity index (χ3v) is 4.37. The van der Waals surface area contributed by atoms with Gasteiger partial charge in [0.1, 0.15) is 6.54 Å². The second kappa shape index (κ2) is 7.09. The Morgan fingerprint density at radius 2 is 2.00 bits per heavy atom. The van der Waals surface area contributed by atoms with Crippen LogP contribution in [-0.4, -0.2) is 25.6 Å². The molecule has 0 spiro atoms. The van der Waals surface area contributed by atoms with Crippen LogP contribution in [0, 0.1) is 0 Å². The molecule has 0 saturated heterocycles. The Kier molecular flexibility index (Phi) is 4.48. The first kappa shape index (κ1) is 17.1. The molecule has 2 aromatic carbocycles. The number of carbonyl (C=O) groups is 1. The van der Waals surface area contributed by atoms with Crippen LogP contribution < -0.4 is 5.32 Å². The molecule has 2 aromatic heterocycles. The van der Waals surface area contributed by atoms with E-state index < -0.39 is 5.97 Å². The van der Waals surface area contributed by atoms with Crippen molar-refractivity contribution in [2.75, 3.05) is 5.32 Å². The molecule has 0 aliphatic rings. The van der Waals surface area contributed by atoms with Gasteiger partial charge in [-0.2, -0.15) is 0 Å². The molecule has 0 atom stereocenters. The van der Waals surface area contributed by atoms with Gasteiger partial charge in [0.15, 0.2) is 0 Å². The molecule has 134 valence electrons. The van der Waals surface area contributed by atoms with Gasteiger partial charge in [0, 0.05) is 39.6 Å². The number of hydrogen-bond acceptors (Lipinski definition) is 4. The molecule has 2 heterocycles. The Labute approximate surface area is 160 Å². The maximum atomic E-state index is 11.0. The van der Waals surface area contributed by atoms with Crippen LogP contribution in [0.3, 0.4) is 0 Å². The van der Waals surface area contributed by atoms with E-state index in [1.165, 1.54) is 0 Å². The van der Waals surface area contributed by atoms with Crippen molar-refractivity contribution in [1.82, 2.24) is 14.5 Å². The van der Waals surface area contributed by atoms with Gasteiger partial charge in [0.25, 0.3) is 0 Å². The van der Waals surface area contributed by atoms with Crippen molar-refractivity contribution < 1.29 is 9.90 Å². The number of hydrogen-bond donors (Lipinski definition) is 2. The van der Waals surface area contributed by atoms with Crippen molar-refractivity contribution in [2.45, 2.75) is 6.54 Å². The minimum Gasteiger partial charge on any atom is -0.480 e. The summed E-state index contributed by atoms with van der Waals surface area (Å²) in [6.45, 7) is -0.0850. The Morgan fingerprint density at radius 1 is 1.15 bits per heavy atom. The summed E-state index contributed by atoms with van der Waals surface area (Å²) >= 11 is 6.02. The summed E-state index contributed by atoms with van der Waals surface area (Å²) in [6, 6.07) is 16.8. The number of nitrogens with zero attached hydrogens (tertiary/aromatic N) is 3. The molecular weight excluding hydrogens is 364 g/mol. The van der Waals surface area contributed by atoms with Gasteiger partial charge in [-0.25, -0.2) is 9.97 Å². The monoisotopic (exact) mass is 378 g/mol. The fraction of sp³-hybridized carbons (Fsp3) is 0.0500. The second-order valence-electron chi connectivity index (χ2n) is 5.98. The molecule has 0 fully saturated rings. The first-order valence-electron chi connectivity index (χ1n) is 8.26. The number of benzene rings is 2. The van der Waals surface area contributed by atoms with Crippen LogP contribution >= 0.6 is 11.6 Å². The molecule has 4 rings (SSSR count). The summed E-state index contributed by atoms with van der Waals surface area (Å²) in [5.74, 6) is -0.426. The number of rotatable bonds is 5. The molecule has 0 bridgehead atoms. The molecule has 0 unspecified atom stereocenters.